The maximum Gasteiger partial charge on any atom is 0.266 e. The van der Waals surface area contributed by atoms with Crippen molar-refractivity contribution in [2.45, 2.75) is 37.6 Å². The number of hydrogen-bond donors (Lipinski definition) is 2. The number of thioether (sulfide) groups is 1. The van der Waals surface area contributed by atoms with Crippen LogP contribution < -0.4 is 15.4 Å². The van der Waals surface area contributed by atoms with Crippen LogP contribution in [0.5, 0.6) is 5.75 Å². The first kappa shape index (κ1) is 20.1. The number of ether oxygens (including phenoxy) is 1. The van der Waals surface area contributed by atoms with Gasteiger partial charge in [-0.05, 0) is 31.2 Å². The summed E-state index contributed by atoms with van der Waals surface area (Å²) >= 11 is 1.73. The Morgan fingerprint density at radius 3 is 2.83 bits per heavy atom. The molecule has 0 bridgehead atoms. The molecule has 2 aromatic heterocycles. The van der Waals surface area contributed by atoms with Gasteiger partial charge in [-0.25, -0.2) is 4.68 Å². The van der Waals surface area contributed by atoms with Crippen LogP contribution in [0.3, 0.4) is 0 Å². The highest BCUT2D eigenvalue weighted by molar-refractivity contribution is 7.98. The second-order valence-corrected chi connectivity index (χ2v) is 7.83. The van der Waals surface area contributed by atoms with Crippen molar-refractivity contribution < 1.29 is 18.7 Å². The number of benzene rings is 1. The molecule has 9 heteroatoms. The predicted octanol–water partition coefficient (Wildman–Crippen LogP) is 2.95. The molecule has 30 heavy (non-hydrogen) atoms. The summed E-state index contributed by atoms with van der Waals surface area (Å²) < 4.78 is 12.5. The molecule has 0 saturated heterocycles. The highest BCUT2D eigenvalue weighted by Crippen LogP contribution is 2.34. The number of amides is 2. The smallest absolute Gasteiger partial charge is 0.266 e. The van der Waals surface area contributed by atoms with Crippen LogP contribution in [0.25, 0.3) is 0 Å². The van der Waals surface area contributed by atoms with E-state index in [1.165, 1.54) is 0 Å². The molecular formula is C21H22N4O4S. The summed E-state index contributed by atoms with van der Waals surface area (Å²) in [6, 6.07) is 12.7. The molecule has 0 saturated carbocycles. The molecule has 3 heterocycles. The van der Waals surface area contributed by atoms with E-state index in [1.54, 1.807) is 53.9 Å². The molecular weight excluding hydrogens is 404 g/mol. The third-order valence-electron chi connectivity index (χ3n) is 4.62. The number of fused-ring (bicyclic) bond motifs is 1. The fourth-order valence-electron chi connectivity index (χ4n) is 3.09. The second kappa shape index (κ2) is 9.08. The number of aromatic nitrogens is 2. The average molecular weight is 426 g/mol. The number of furan rings is 1. The second-order valence-electron chi connectivity index (χ2n) is 6.84. The summed E-state index contributed by atoms with van der Waals surface area (Å²) in [5.74, 6) is 2.83. The van der Waals surface area contributed by atoms with Crippen LogP contribution in [-0.2, 0) is 34.2 Å². The topological polar surface area (TPSA) is 98.4 Å². The molecule has 2 N–H and O–H groups in total. The number of rotatable bonds is 8. The Balaban J connectivity index is 1.43. The van der Waals surface area contributed by atoms with Gasteiger partial charge in [-0.1, -0.05) is 18.2 Å². The van der Waals surface area contributed by atoms with E-state index in [0.717, 1.165) is 22.8 Å². The zero-order valence-electron chi connectivity index (χ0n) is 16.5. The van der Waals surface area contributed by atoms with Gasteiger partial charge in [-0.3, -0.25) is 9.59 Å². The summed E-state index contributed by atoms with van der Waals surface area (Å²) in [5, 5.41) is 10.2. The average Bonchev–Trinajstić information content (AvgIpc) is 3.47. The number of nitrogens with zero attached hydrogens (tertiary/aromatic N) is 2. The van der Waals surface area contributed by atoms with Crippen molar-refractivity contribution in [3.63, 3.8) is 0 Å². The number of para-hydroxylation sites is 1. The first-order valence-corrected chi connectivity index (χ1v) is 10.7. The molecule has 0 spiro atoms. The van der Waals surface area contributed by atoms with Crippen LogP contribution in [-0.4, -0.2) is 27.7 Å². The Morgan fingerprint density at radius 2 is 2.07 bits per heavy atom. The normalized spacial score (nSPS) is 13.5. The zero-order valence-corrected chi connectivity index (χ0v) is 17.3. The van der Waals surface area contributed by atoms with Gasteiger partial charge >= 0.3 is 0 Å². The largest absolute Gasteiger partial charge is 0.481 e. The number of hydrogen-bond acceptors (Lipinski definition) is 6. The van der Waals surface area contributed by atoms with Crippen LogP contribution >= 0.6 is 11.8 Å². The summed E-state index contributed by atoms with van der Waals surface area (Å²) in [6.07, 6.45) is 0.858. The van der Waals surface area contributed by atoms with Crippen molar-refractivity contribution in [3.8, 4) is 5.75 Å². The van der Waals surface area contributed by atoms with Crippen molar-refractivity contribution >= 4 is 29.4 Å². The molecule has 2 amide bonds. The van der Waals surface area contributed by atoms with Crippen molar-refractivity contribution in [1.82, 2.24) is 15.1 Å². The highest BCUT2D eigenvalue weighted by Gasteiger charge is 2.26. The lowest BCUT2D eigenvalue weighted by Gasteiger charge is -2.16. The lowest BCUT2D eigenvalue weighted by Crippen LogP contribution is -2.33. The fourth-order valence-corrected chi connectivity index (χ4v) is 4.12. The minimum absolute atomic E-state index is 0.00190. The fraction of sp³-hybridized carbons (Fsp3) is 0.286. The Morgan fingerprint density at radius 1 is 1.23 bits per heavy atom. The van der Waals surface area contributed by atoms with Crippen molar-refractivity contribution in [2.75, 3.05) is 5.32 Å². The minimum atomic E-state index is -0.701. The molecule has 8 nitrogen and oxygen atoms in total. The molecule has 3 aromatic rings. The quantitative estimate of drug-likeness (QED) is 0.575. The van der Waals surface area contributed by atoms with E-state index >= 15 is 0 Å². The lowest BCUT2D eigenvalue weighted by atomic mass is 10.2. The van der Waals surface area contributed by atoms with Gasteiger partial charge in [-0.15, -0.1) is 0 Å². The van der Waals surface area contributed by atoms with Crippen molar-refractivity contribution in [2.24, 2.45) is 0 Å². The SMILES string of the molecule is C[C@@H](Oc1ccccc1)C(=O)Nc1c2c(nn1CC(=O)NCc1ccco1)CSC2. The molecule has 1 aliphatic rings. The number of anilines is 1. The summed E-state index contributed by atoms with van der Waals surface area (Å²) in [6.45, 7) is 1.99. The Kier molecular flexibility index (Phi) is 6.08. The Bertz CT molecular complexity index is 1020. The van der Waals surface area contributed by atoms with Gasteiger partial charge in [0.15, 0.2) is 6.10 Å². The van der Waals surface area contributed by atoms with Crippen molar-refractivity contribution in [3.05, 3.63) is 65.7 Å². The van der Waals surface area contributed by atoms with Crippen molar-refractivity contribution in [1.29, 1.82) is 0 Å². The van der Waals surface area contributed by atoms with Gasteiger partial charge in [0.2, 0.25) is 5.91 Å². The van der Waals surface area contributed by atoms with Crippen LogP contribution in [0, 0.1) is 0 Å². The van der Waals surface area contributed by atoms with E-state index in [-0.39, 0.29) is 18.4 Å². The van der Waals surface area contributed by atoms with Gasteiger partial charge in [0.1, 0.15) is 23.9 Å². The standard InChI is InChI=1S/C21H22N4O4S/c1-14(29-15-6-3-2-4-7-15)21(27)23-20-17-12-30-13-18(17)24-25(20)11-19(26)22-10-16-8-5-9-28-16/h2-9,14H,10-13H2,1H3,(H,22,26)(H,23,27)/t14-/m1/s1. The number of carbonyl (C=O) groups is 2. The lowest BCUT2D eigenvalue weighted by molar-refractivity contribution is -0.123. The van der Waals surface area contributed by atoms with Crippen LogP contribution in [0.1, 0.15) is 23.9 Å². The predicted molar refractivity (Wildman–Crippen MR) is 113 cm³/mol. The van der Waals surface area contributed by atoms with E-state index in [2.05, 4.69) is 15.7 Å². The summed E-state index contributed by atoms with van der Waals surface area (Å²) in [7, 11) is 0. The molecule has 0 unspecified atom stereocenters. The Labute approximate surface area is 178 Å². The molecule has 0 aliphatic carbocycles. The van der Waals surface area contributed by atoms with E-state index in [0.29, 0.717) is 23.9 Å². The van der Waals surface area contributed by atoms with E-state index < -0.39 is 6.10 Å². The Hall–Kier alpha value is -3.20. The third-order valence-corrected chi connectivity index (χ3v) is 5.59. The molecule has 156 valence electrons. The van der Waals surface area contributed by atoms with Gasteiger partial charge in [-0.2, -0.15) is 16.9 Å². The monoisotopic (exact) mass is 426 g/mol. The van der Waals surface area contributed by atoms with Crippen LogP contribution in [0.2, 0.25) is 0 Å². The van der Waals surface area contributed by atoms with Gasteiger partial charge < -0.3 is 19.8 Å². The molecule has 1 aliphatic heterocycles. The third kappa shape index (κ3) is 4.68. The molecule has 0 radical (unpaired) electrons. The first-order valence-electron chi connectivity index (χ1n) is 9.58. The minimum Gasteiger partial charge on any atom is -0.481 e. The molecule has 1 atom stereocenters. The zero-order chi connectivity index (χ0) is 20.9. The molecule has 1 aromatic carbocycles. The maximum absolute atomic E-state index is 12.7. The first-order chi connectivity index (χ1) is 14.6. The van der Waals surface area contributed by atoms with Gasteiger partial charge in [0, 0.05) is 17.1 Å². The van der Waals surface area contributed by atoms with Gasteiger partial charge in [0.05, 0.1) is 18.5 Å². The number of nitrogens with one attached hydrogen (secondary N) is 2. The van der Waals surface area contributed by atoms with Crippen LogP contribution in [0.4, 0.5) is 5.82 Å². The summed E-state index contributed by atoms with van der Waals surface area (Å²) in [4.78, 5) is 25.1. The van der Waals surface area contributed by atoms with E-state index in [1.807, 2.05) is 18.2 Å². The van der Waals surface area contributed by atoms with Crippen LogP contribution in [0.15, 0.2) is 53.1 Å². The van der Waals surface area contributed by atoms with Gasteiger partial charge in [0.25, 0.3) is 5.91 Å². The highest BCUT2D eigenvalue weighted by atomic mass is 32.2. The molecule has 4 rings (SSSR count). The van der Waals surface area contributed by atoms with E-state index in [4.69, 9.17) is 9.15 Å². The maximum atomic E-state index is 12.7. The molecule has 0 fully saturated rings. The van der Waals surface area contributed by atoms with E-state index in [9.17, 15) is 9.59 Å². The summed E-state index contributed by atoms with van der Waals surface area (Å²) in [5.41, 5.74) is 1.85. The number of carbonyl (C=O) groups excluding carboxylic acids is 2.